The average molecular weight is 284 g/mol. The van der Waals surface area contributed by atoms with Crippen molar-refractivity contribution in [2.75, 3.05) is 13.2 Å². The zero-order chi connectivity index (χ0) is 13.9. The first-order valence-corrected chi connectivity index (χ1v) is 7.42. The minimum absolute atomic E-state index is 0.117. The zero-order valence-electron chi connectivity index (χ0n) is 10.3. The van der Waals surface area contributed by atoms with Gasteiger partial charge in [0.15, 0.2) is 0 Å². The molecule has 0 aliphatic heterocycles. The SMILES string of the molecule is O=C(CNS(=O)(=O)c1ccccc1)NC1(CO)CC1. The van der Waals surface area contributed by atoms with Gasteiger partial charge in [0.25, 0.3) is 0 Å². The van der Waals surface area contributed by atoms with Crippen LogP contribution in [0.1, 0.15) is 12.8 Å². The van der Waals surface area contributed by atoms with E-state index < -0.39 is 21.5 Å². The molecule has 1 aromatic rings. The van der Waals surface area contributed by atoms with E-state index in [0.717, 1.165) is 12.8 Å². The topological polar surface area (TPSA) is 95.5 Å². The third kappa shape index (κ3) is 3.52. The molecule has 0 atom stereocenters. The number of carbonyl (C=O) groups excluding carboxylic acids is 1. The Morgan fingerprint density at radius 3 is 2.42 bits per heavy atom. The maximum absolute atomic E-state index is 11.8. The Balaban J connectivity index is 1.90. The first kappa shape index (κ1) is 14.0. The molecule has 1 aliphatic carbocycles. The summed E-state index contributed by atoms with van der Waals surface area (Å²) in [5.41, 5.74) is -0.532. The molecule has 0 saturated heterocycles. The highest BCUT2D eigenvalue weighted by Gasteiger charge is 2.43. The second-order valence-electron chi connectivity index (χ2n) is 4.62. The van der Waals surface area contributed by atoms with Crippen molar-refractivity contribution in [1.29, 1.82) is 0 Å². The summed E-state index contributed by atoms with van der Waals surface area (Å²) in [6, 6.07) is 7.84. The lowest BCUT2D eigenvalue weighted by molar-refractivity contribution is -0.121. The van der Waals surface area contributed by atoms with Gasteiger partial charge < -0.3 is 10.4 Å². The highest BCUT2D eigenvalue weighted by Crippen LogP contribution is 2.34. The Kier molecular flexibility index (Phi) is 3.88. The summed E-state index contributed by atoms with van der Waals surface area (Å²) in [4.78, 5) is 11.7. The second-order valence-corrected chi connectivity index (χ2v) is 6.39. The van der Waals surface area contributed by atoms with Crippen molar-refractivity contribution < 1.29 is 18.3 Å². The summed E-state index contributed by atoms with van der Waals surface area (Å²) < 4.78 is 25.9. The van der Waals surface area contributed by atoms with Crippen LogP contribution in [0.25, 0.3) is 0 Å². The van der Waals surface area contributed by atoms with Gasteiger partial charge in [-0.15, -0.1) is 0 Å². The number of nitrogens with one attached hydrogen (secondary N) is 2. The zero-order valence-corrected chi connectivity index (χ0v) is 11.1. The molecule has 0 spiro atoms. The third-order valence-corrected chi connectivity index (χ3v) is 4.45. The van der Waals surface area contributed by atoms with E-state index in [2.05, 4.69) is 10.0 Å². The highest BCUT2D eigenvalue weighted by atomic mass is 32.2. The van der Waals surface area contributed by atoms with E-state index in [1.54, 1.807) is 18.2 Å². The standard InChI is InChI=1S/C12H16N2O4S/c15-9-12(6-7-12)14-11(16)8-13-19(17,18)10-4-2-1-3-5-10/h1-5,13,15H,6-9H2,(H,14,16). The summed E-state index contributed by atoms with van der Waals surface area (Å²) in [7, 11) is -3.67. The van der Waals surface area contributed by atoms with Crippen LogP contribution >= 0.6 is 0 Å². The van der Waals surface area contributed by atoms with Crippen LogP contribution in [-0.2, 0) is 14.8 Å². The molecule has 104 valence electrons. The molecule has 1 aromatic carbocycles. The van der Waals surface area contributed by atoms with Crippen LogP contribution < -0.4 is 10.0 Å². The van der Waals surface area contributed by atoms with Crippen LogP contribution in [0.3, 0.4) is 0 Å². The van der Waals surface area contributed by atoms with Crippen LogP contribution in [0.4, 0.5) is 0 Å². The lowest BCUT2D eigenvalue weighted by Crippen LogP contribution is -2.45. The van der Waals surface area contributed by atoms with Gasteiger partial charge in [0, 0.05) is 0 Å². The Labute approximate surface area is 111 Å². The van der Waals surface area contributed by atoms with Crippen molar-refractivity contribution in [3.63, 3.8) is 0 Å². The molecule has 3 N–H and O–H groups in total. The van der Waals surface area contributed by atoms with Gasteiger partial charge >= 0.3 is 0 Å². The van der Waals surface area contributed by atoms with Crippen LogP contribution in [0.2, 0.25) is 0 Å². The van der Waals surface area contributed by atoms with Gasteiger partial charge in [-0.25, -0.2) is 13.1 Å². The lowest BCUT2D eigenvalue weighted by Gasteiger charge is -2.14. The second kappa shape index (κ2) is 5.28. The number of amides is 1. The van der Waals surface area contributed by atoms with E-state index in [1.807, 2.05) is 0 Å². The molecule has 0 bridgehead atoms. The fraction of sp³-hybridized carbons (Fsp3) is 0.417. The summed E-state index contributed by atoms with van der Waals surface area (Å²) >= 11 is 0. The highest BCUT2D eigenvalue weighted by molar-refractivity contribution is 7.89. The predicted molar refractivity (Wildman–Crippen MR) is 68.8 cm³/mol. The first-order valence-electron chi connectivity index (χ1n) is 5.94. The van der Waals surface area contributed by atoms with Crippen molar-refractivity contribution in [2.45, 2.75) is 23.3 Å². The molecule has 6 nitrogen and oxygen atoms in total. The lowest BCUT2D eigenvalue weighted by atomic mass is 10.3. The fourth-order valence-electron chi connectivity index (χ4n) is 1.66. The van der Waals surface area contributed by atoms with Gasteiger partial charge in [-0.3, -0.25) is 4.79 Å². The number of rotatable bonds is 6. The van der Waals surface area contributed by atoms with Gasteiger partial charge in [0.05, 0.1) is 23.6 Å². The summed E-state index contributed by atoms with van der Waals surface area (Å²) in [6.07, 6.45) is 1.45. The maximum Gasteiger partial charge on any atom is 0.241 e. The van der Waals surface area contributed by atoms with Crippen molar-refractivity contribution in [3.05, 3.63) is 30.3 Å². The van der Waals surface area contributed by atoms with E-state index >= 15 is 0 Å². The third-order valence-electron chi connectivity index (χ3n) is 3.04. The van der Waals surface area contributed by atoms with Gasteiger partial charge in [-0.1, -0.05) is 18.2 Å². The molecule has 0 unspecified atom stereocenters. The molecular formula is C12H16N2O4S. The van der Waals surface area contributed by atoms with E-state index in [1.165, 1.54) is 12.1 Å². The Morgan fingerprint density at radius 2 is 1.89 bits per heavy atom. The monoisotopic (exact) mass is 284 g/mol. The quantitative estimate of drug-likeness (QED) is 0.662. The Hall–Kier alpha value is -1.44. The normalized spacial score (nSPS) is 16.9. The molecular weight excluding hydrogens is 268 g/mol. The van der Waals surface area contributed by atoms with Crippen molar-refractivity contribution in [1.82, 2.24) is 10.0 Å². The van der Waals surface area contributed by atoms with Crippen molar-refractivity contribution >= 4 is 15.9 Å². The molecule has 0 aromatic heterocycles. The van der Waals surface area contributed by atoms with Crippen LogP contribution in [0.15, 0.2) is 35.2 Å². The van der Waals surface area contributed by atoms with Gasteiger partial charge in [-0.05, 0) is 25.0 Å². The number of hydrogen-bond acceptors (Lipinski definition) is 4. The molecule has 1 fully saturated rings. The van der Waals surface area contributed by atoms with E-state index in [0.29, 0.717) is 0 Å². The molecule has 19 heavy (non-hydrogen) atoms. The molecule has 1 aliphatic rings. The van der Waals surface area contributed by atoms with E-state index in [-0.39, 0.29) is 18.0 Å². The summed E-state index contributed by atoms with van der Waals surface area (Å²) in [5, 5.41) is 11.7. The first-order chi connectivity index (χ1) is 8.97. The van der Waals surface area contributed by atoms with E-state index in [9.17, 15) is 13.2 Å². The largest absolute Gasteiger partial charge is 0.394 e. The number of benzene rings is 1. The van der Waals surface area contributed by atoms with Gasteiger partial charge in [-0.2, -0.15) is 0 Å². The van der Waals surface area contributed by atoms with E-state index in [4.69, 9.17) is 5.11 Å². The van der Waals surface area contributed by atoms with Crippen LogP contribution in [0, 0.1) is 0 Å². The van der Waals surface area contributed by atoms with Crippen LogP contribution in [-0.4, -0.2) is 38.1 Å². The smallest absolute Gasteiger partial charge is 0.241 e. The summed E-state index contributed by atoms with van der Waals surface area (Å²) in [6.45, 7) is -0.455. The van der Waals surface area contributed by atoms with Crippen molar-refractivity contribution in [2.24, 2.45) is 0 Å². The average Bonchev–Trinajstić information content (AvgIpc) is 3.18. The van der Waals surface area contributed by atoms with Gasteiger partial charge in [0.2, 0.25) is 15.9 Å². The van der Waals surface area contributed by atoms with Gasteiger partial charge in [0.1, 0.15) is 0 Å². The number of hydrogen-bond donors (Lipinski definition) is 3. The predicted octanol–water partition coefficient (Wildman–Crippen LogP) is -0.394. The maximum atomic E-state index is 11.8. The minimum atomic E-state index is -3.67. The number of aliphatic hydroxyl groups is 1. The van der Waals surface area contributed by atoms with Crippen molar-refractivity contribution in [3.8, 4) is 0 Å². The molecule has 0 heterocycles. The van der Waals surface area contributed by atoms with Crippen LogP contribution in [0.5, 0.6) is 0 Å². The molecule has 1 amide bonds. The molecule has 0 radical (unpaired) electrons. The minimum Gasteiger partial charge on any atom is -0.394 e. The number of carbonyl (C=O) groups is 1. The Morgan fingerprint density at radius 1 is 1.26 bits per heavy atom. The Bertz CT molecular complexity index is 552. The molecule has 7 heteroatoms. The number of aliphatic hydroxyl groups excluding tert-OH is 1. The molecule has 2 rings (SSSR count). The summed E-state index contributed by atoms with van der Waals surface area (Å²) in [5.74, 6) is -0.439. The number of sulfonamides is 1. The fourth-order valence-corrected chi connectivity index (χ4v) is 2.66. The molecule has 1 saturated carbocycles.